The van der Waals surface area contributed by atoms with Crippen LogP contribution in [0.2, 0.25) is 0 Å². The fourth-order valence-electron chi connectivity index (χ4n) is 2.64. The number of rotatable bonds is 7. The third kappa shape index (κ3) is 5.63. The van der Waals surface area contributed by atoms with E-state index >= 15 is 0 Å². The Hall–Kier alpha value is -0.540. The summed E-state index contributed by atoms with van der Waals surface area (Å²) < 4.78 is 7.00. The molecular formula is C18H28BrNO. The molecule has 0 bridgehead atoms. The molecule has 0 radical (unpaired) electrons. The molecule has 1 fully saturated rings. The van der Waals surface area contributed by atoms with E-state index < -0.39 is 0 Å². The molecule has 1 saturated carbocycles. The Morgan fingerprint density at radius 3 is 2.52 bits per heavy atom. The van der Waals surface area contributed by atoms with Gasteiger partial charge in [0.15, 0.2) is 0 Å². The molecular weight excluding hydrogens is 326 g/mol. The highest BCUT2D eigenvalue weighted by molar-refractivity contribution is 9.10. The van der Waals surface area contributed by atoms with Crippen LogP contribution in [0.15, 0.2) is 28.7 Å². The molecule has 1 atom stereocenters. The second-order valence-corrected chi connectivity index (χ2v) is 8.50. The normalized spacial score (nSPS) is 18.3. The molecule has 2 rings (SSSR count). The molecule has 118 valence electrons. The summed E-state index contributed by atoms with van der Waals surface area (Å²) in [6, 6.07) is 8.09. The molecule has 0 saturated heterocycles. The first-order valence-electron chi connectivity index (χ1n) is 7.92. The highest BCUT2D eigenvalue weighted by Crippen LogP contribution is 2.47. The molecule has 21 heavy (non-hydrogen) atoms. The molecule has 1 N–H and O–H groups in total. The van der Waals surface area contributed by atoms with Crippen molar-refractivity contribution < 1.29 is 4.74 Å². The monoisotopic (exact) mass is 353 g/mol. The maximum absolute atomic E-state index is 5.93. The van der Waals surface area contributed by atoms with Crippen LogP contribution in [0, 0.1) is 11.3 Å². The van der Waals surface area contributed by atoms with Gasteiger partial charge in [-0.1, -0.05) is 28.9 Å². The quantitative estimate of drug-likeness (QED) is 0.742. The molecule has 0 heterocycles. The van der Waals surface area contributed by atoms with E-state index in [9.17, 15) is 0 Å². The molecule has 0 amide bonds. The van der Waals surface area contributed by atoms with Gasteiger partial charge in [0, 0.05) is 16.6 Å². The first kappa shape index (κ1) is 16.8. The third-order valence-electron chi connectivity index (χ3n) is 4.32. The zero-order chi connectivity index (χ0) is 15.5. The van der Waals surface area contributed by atoms with Crippen LogP contribution in [0.4, 0.5) is 0 Å². The number of benzene rings is 1. The van der Waals surface area contributed by atoms with E-state index in [4.69, 9.17) is 4.74 Å². The largest absolute Gasteiger partial charge is 0.494 e. The Labute approximate surface area is 137 Å². The summed E-state index contributed by atoms with van der Waals surface area (Å²) in [5.74, 6) is 1.81. The topological polar surface area (TPSA) is 21.3 Å². The van der Waals surface area contributed by atoms with Crippen molar-refractivity contribution in [2.24, 2.45) is 11.3 Å². The van der Waals surface area contributed by atoms with E-state index in [-0.39, 0.29) is 5.54 Å². The molecule has 3 heteroatoms. The van der Waals surface area contributed by atoms with Crippen molar-refractivity contribution >= 4 is 15.9 Å². The second kappa shape index (κ2) is 6.70. The molecule has 1 aliphatic rings. The molecule has 1 aliphatic carbocycles. The van der Waals surface area contributed by atoms with Crippen LogP contribution in [0.3, 0.4) is 0 Å². The second-order valence-electron chi connectivity index (χ2n) is 7.59. The van der Waals surface area contributed by atoms with Gasteiger partial charge in [-0.3, -0.25) is 0 Å². The van der Waals surface area contributed by atoms with Crippen LogP contribution in [-0.2, 0) is 0 Å². The van der Waals surface area contributed by atoms with Gasteiger partial charge in [-0.2, -0.15) is 0 Å². The maximum atomic E-state index is 5.93. The Morgan fingerprint density at radius 2 is 1.95 bits per heavy atom. The smallest absolute Gasteiger partial charge is 0.120 e. The van der Waals surface area contributed by atoms with E-state index in [1.165, 1.54) is 12.8 Å². The highest BCUT2D eigenvalue weighted by Gasteiger charge is 2.41. The lowest BCUT2D eigenvalue weighted by Gasteiger charge is -2.34. The first-order chi connectivity index (χ1) is 9.78. The van der Waals surface area contributed by atoms with E-state index in [1.54, 1.807) is 0 Å². The summed E-state index contributed by atoms with van der Waals surface area (Å²) in [7, 11) is 0. The van der Waals surface area contributed by atoms with Gasteiger partial charge < -0.3 is 10.1 Å². The zero-order valence-electron chi connectivity index (χ0n) is 13.7. The molecule has 0 aromatic heterocycles. The minimum atomic E-state index is 0.182. The summed E-state index contributed by atoms with van der Waals surface area (Å²) >= 11 is 3.48. The van der Waals surface area contributed by atoms with Crippen LogP contribution in [0.1, 0.15) is 47.0 Å². The van der Waals surface area contributed by atoms with Gasteiger partial charge >= 0.3 is 0 Å². The van der Waals surface area contributed by atoms with Gasteiger partial charge in [0.1, 0.15) is 5.75 Å². The SMILES string of the molecule is CC(C)(C)NCC(C)(CCOc1cccc(Br)c1)C1CC1. The standard InChI is InChI=1S/C18H28BrNO/c1-17(2,3)20-13-18(4,14-8-9-14)10-11-21-16-7-5-6-15(19)12-16/h5-7,12,14,20H,8-11,13H2,1-4H3. The minimum absolute atomic E-state index is 0.182. The lowest BCUT2D eigenvalue weighted by Crippen LogP contribution is -2.44. The maximum Gasteiger partial charge on any atom is 0.120 e. The number of ether oxygens (including phenoxy) is 1. The van der Waals surface area contributed by atoms with E-state index in [1.807, 2.05) is 24.3 Å². The lowest BCUT2D eigenvalue weighted by atomic mass is 9.81. The Bertz CT molecular complexity index is 465. The molecule has 1 aromatic rings. The van der Waals surface area contributed by atoms with Gasteiger partial charge in [0.25, 0.3) is 0 Å². The van der Waals surface area contributed by atoms with E-state index in [0.29, 0.717) is 5.41 Å². The van der Waals surface area contributed by atoms with Gasteiger partial charge in [-0.15, -0.1) is 0 Å². The average molecular weight is 354 g/mol. The van der Waals surface area contributed by atoms with E-state index in [0.717, 1.165) is 35.7 Å². The van der Waals surface area contributed by atoms with Crippen molar-refractivity contribution in [1.29, 1.82) is 0 Å². The number of nitrogens with one attached hydrogen (secondary N) is 1. The Balaban J connectivity index is 1.85. The van der Waals surface area contributed by atoms with Gasteiger partial charge in [-0.25, -0.2) is 0 Å². The van der Waals surface area contributed by atoms with Crippen molar-refractivity contribution in [2.75, 3.05) is 13.2 Å². The predicted octanol–water partition coefficient (Wildman–Crippen LogP) is 5.02. The van der Waals surface area contributed by atoms with Crippen LogP contribution in [0.5, 0.6) is 5.75 Å². The van der Waals surface area contributed by atoms with Gasteiger partial charge in [-0.05, 0) is 69.6 Å². The Kier molecular flexibility index (Phi) is 5.37. The Morgan fingerprint density at radius 1 is 1.24 bits per heavy atom. The van der Waals surface area contributed by atoms with Crippen molar-refractivity contribution in [2.45, 2.75) is 52.5 Å². The van der Waals surface area contributed by atoms with Crippen molar-refractivity contribution in [3.05, 3.63) is 28.7 Å². The highest BCUT2D eigenvalue weighted by atomic mass is 79.9. The molecule has 2 nitrogen and oxygen atoms in total. The van der Waals surface area contributed by atoms with Crippen LogP contribution >= 0.6 is 15.9 Å². The van der Waals surface area contributed by atoms with Crippen LogP contribution in [-0.4, -0.2) is 18.7 Å². The van der Waals surface area contributed by atoms with Crippen LogP contribution in [0.25, 0.3) is 0 Å². The van der Waals surface area contributed by atoms with E-state index in [2.05, 4.69) is 48.9 Å². The first-order valence-corrected chi connectivity index (χ1v) is 8.71. The summed E-state index contributed by atoms with van der Waals surface area (Å²) in [6.07, 6.45) is 3.85. The number of halogens is 1. The number of hydrogen-bond acceptors (Lipinski definition) is 2. The number of hydrogen-bond donors (Lipinski definition) is 1. The van der Waals surface area contributed by atoms with Gasteiger partial charge in [0.05, 0.1) is 6.61 Å². The van der Waals surface area contributed by atoms with Crippen molar-refractivity contribution in [3.63, 3.8) is 0 Å². The third-order valence-corrected chi connectivity index (χ3v) is 4.82. The molecule has 0 aliphatic heterocycles. The van der Waals surface area contributed by atoms with Crippen molar-refractivity contribution in [3.8, 4) is 5.75 Å². The summed E-state index contributed by atoms with van der Waals surface area (Å²) in [6.45, 7) is 11.0. The summed E-state index contributed by atoms with van der Waals surface area (Å²) in [5.41, 5.74) is 0.528. The van der Waals surface area contributed by atoms with Crippen LogP contribution < -0.4 is 10.1 Å². The van der Waals surface area contributed by atoms with Gasteiger partial charge in [0.2, 0.25) is 0 Å². The lowest BCUT2D eigenvalue weighted by molar-refractivity contribution is 0.167. The summed E-state index contributed by atoms with van der Waals surface area (Å²) in [5, 5.41) is 3.68. The fourth-order valence-corrected chi connectivity index (χ4v) is 3.02. The zero-order valence-corrected chi connectivity index (χ0v) is 15.3. The molecule has 0 spiro atoms. The fraction of sp³-hybridized carbons (Fsp3) is 0.667. The molecule has 1 aromatic carbocycles. The average Bonchev–Trinajstić information content (AvgIpc) is 3.20. The van der Waals surface area contributed by atoms with Crippen molar-refractivity contribution in [1.82, 2.24) is 5.32 Å². The molecule has 1 unspecified atom stereocenters. The summed E-state index contributed by atoms with van der Waals surface area (Å²) in [4.78, 5) is 0. The predicted molar refractivity (Wildman–Crippen MR) is 92.8 cm³/mol. The minimum Gasteiger partial charge on any atom is -0.494 e.